The van der Waals surface area contributed by atoms with Crippen molar-refractivity contribution in [1.29, 1.82) is 0 Å². The van der Waals surface area contributed by atoms with Crippen molar-refractivity contribution in [3.8, 4) is 10.8 Å². The molecule has 0 N–H and O–H groups in total. The average molecular weight is 452 g/mol. The molecule has 0 unspecified atom stereocenters. The van der Waals surface area contributed by atoms with Crippen molar-refractivity contribution < 1.29 is 28.3 Å². The summed E-state index contributed by atoms with van der Waals surface area (Å²) >= 11 is 1.51. The summed E-state index contributed by atoms with van der Waals surface area (Å²) in [5, 5.41) is 1.93. The average Bonchev–Trinajstić information content (AvgIpc) is 3.59. The Morgan fingerprint density at radius 2 is 2.09 bits per heavy atom. The largest absolute Gasteiger partial charge is 0.455 e. The van der Waals surface area contributed by atoms with E-state index in [-0.39, 0.29) is 41.9 Å². The zero-order chi connectivity index (χ0) is 22.2. The Labute approximate surface area is 187 Å². The normalized spacial score (nSPS) is 17.8. The molecule has 1 fully saturated rings. The molecule has 164 valence electrons. The highest BCUT2D eigenvalue weighted by molar-refractivity contribution is 7.13. The number of carbonyl (C=O) groups excluding carboxylic acids is 3. The summed E-state index contributed by atoms with van der Waals surface area (Å²) in [6.45, 7) is 2.57. The number of amides is 2. The fourth-order valence-corrected chi connectivity index (χ4v) is 4.51. The molecule has 2 amide bonds. The van der Waals surface area contributed by atoms with Gasteiger partial charge in [0.2, 0.25) is 5.89 Å². The van der Waals surface area contributed by atoms with Crippen LogP contribution in [0.25, 0.3) is 10.8 Å². The molecule has 32 heavy (non-hydrogen) atoms. The number of esters is 1. The van der Waals surface area contributed by atoms with Crippen LogP contribution < -0.4 is 0 Å². The molecule has 4 heterocycles. The van der Waals surface area contributed by atoms with Crippen molar-refractivity contribution in [1.82, 2.24) is 9.88 Å². The summed E-state index contributed by atoms with van der Waals surface area (Å²) in [5.74, 6) is -0.328. The number of aryl methyl sites for hydroxylation is 1. The zero-order valence-corrected chi connectivity index (χ0v) is 18.1. The van der Waals surface area contributed by atoms with Gasteiger partial charge in [0.1, 0.15) is 18.1 Å². The molecule has 1 aromatic carbocycles. The monoisotopic (exact) mass is 452 g/mol. The first-order valence-corrected chi connectivity index (χ1v) is 11.2. The molecule has 1 atom stereocenters. The molecule has 0 aliphatic carbocycles. The second kappa shape index (κ2) is 8.33. The van der Waals surface area contributed by atoms with Gasteiger partial charge in [-0.15, -0.1) is 11.3 Å². The minimum atomic E-state index is -0.606. The Balaban J connectivity index is 1.28. The van der Waals surface area contributed by atoms with E-state index in [4.69, 9.17) is 13.9 Å². The molecule has 1 saturated heterocycles. The van der Waals surface area contributed by atoms with Gasteiger partial charge in [-0.25, -0.2) is 9.78 Å². The van der Waals surface area contributed by atoms with Crippen LogP contribution in [0.3, 0.4) is 0 Å². The summed E-state index contributed by atoms with van der Waals surface area (Å²) < 4.78 is 16.6. The second-order valence-electron chi connectivity index (χ2n) is 7.69. The lowest BCUT2D eigenvalue weighted by Crippen LogP contribution is -2.36. The zero-order valence-electron chi connectivity index (χ0n) is 17.3. The number of hydrogen-bond donors (Lipinski definition) is 0. The summed E-state index contributed by atoms with van der Waals surface area (Å²) in [6.07, 6.45) is 1.61. The first kappa shape index (κ1) is 20.6. The van der Waals surface area contributed by atoms with Crippen molar-refractivity contribution in [2.75, 3.05) is 13.2 Å². The van der Waals surface area contributed by atoms with Gasteiger partial charge in [0.25, 0.3) is 11.8 Å². The van der Waals surface area contributed by atoms with E-state index in [2.05, 4.69) is 4.98 Å². The Kier molecular flexibility index (Phi) is 5.36. The number of aromatic nitrogens is 1. The quantitative estimate of drug-likeness (QED) is 0.414. The van der Waals surface area contributed by atoms with Crippen molar-refractivity contribution in [3.63, 3.8) is 0 Å². The first-order chi connectivity index (χ1) is 15.5. The van der Waals surface area contributed by atoms with Crippen LogP contribution in [0, 0.1) is 6.92 Å². The number of nitrogens with zero attached hydrogens (tertiary/aromatic N) is 2. The molecular formula is C23H20N2O6S. The Morgan fingerprint density at radius 1 is 1.25 bits per heavy atom. The molecule has 2 aliphatic rings. The number of thiophene rings is 1. The van der Waals surface area contributed by atoms with E-state index in [1.165, 1.54) is 34.4 Å². The topological polar surface area (TPSA) is 98.9 Å². The van der Waals surface area contributed by atoms with E-state index in [9.17, 15) is 14.4 Å². The lowest BCUT2D eigenvalue weighted by Gasteiger charge is -2.17. The number of fused-ring (bicyclic) bond motifs is 1. The molecule has 0 spiro atoms. The van der Waals surface area contributed by atoms with E-state index in [0.29, 0.717) is 24.0 Å². The van der Waals surface area contributed by atoms with Crippen molar-refractivity contribution >= 4 is 29.1 Å². The van der Waals surface area contributed by atoms with Crippen LogP contribution in [-0.2, 0) is 16.1 Å². The van der Waals surface area contributed by atoms with Gasteiger partial charge in [0.15, 0.2) is 0 Å². The molecule has 2 aromatic heterocycles. The van der Waals surface area contributed by atoms with Crippen LogP contribution in [0.15, 0.2) is 40.1 Å². The fraction of sp³-hybridized carbons (Fsp3) is 0.304. The fourth-order valence-electron chi connectivity index (χ4n) is 3.86. The van der Waals surface area contributed by atoms with Crippen LogP contribution in [-0.4, -0.2) is 46.9 Å². The molecule has 0 radical (unpaired) electrons. The number of ether oxygens (including phenoxy) is 2. The van der Waals surface area contributed by atoms with E-state index >= 15 is 0 Å². The van der Waals surface area contributed by atoms with Gasteiger partial charge in [-0.3, -0.25) is 14.5 Å². The van der Waals surface area contributed by atoms with Crippen LogP contribution in [0.1, 0.15) is 55.4 Å². The predicted molar refractivity (Wildman–Crippen MR) is 114 cm³/mol. The van der Waals surface area contributed by atoms with Gasteiger partial charge in [-0.05, 0) is 49.4 Å². The number of rotatable bonds is 6. The molecule has 5 rings (SSSR count). The van der Waals surface area contributed by atoms with Gasteiger partial charge in [0, 0.05) is 6.61 Å². The molecule has 2 aliphatic heterocycles. The number of hydrogen-bond acceptors (Lipinski definition) is 8. The molecule has 0 bridgehead atoms. The molecule has 0 saturated carbocycles. The molecule has 8 nitrogen and oxygen atoms in total. The highest BCUT2D eigenvalue weighted by atomic mass is 32.1. The van der Waals surface area contributed by atoms with Crippen LogP contribution in [0.2, 0.25) is 0 Å². The number of carbonyl (C=O) groups is 3. The summed E-state index contributed by atoms with van der Waals surface area (Å²) in [6, 6.07) is 8.21. The van der Waals surface area contributed by atoms with E-state index < -0.39 is 11.9 Å². The summed E-state index contributed by atoms with van der Waals surface area (Å²) in [4.78, 5) is 44.5. The number of imide groups is 1. The SMILES string of the molecule is Cc1oc(-c2cccs2)nc1COC(=O)c1ccc2c(c1)C(=O)N(C[C@@H]1CCCO1)C2=O. The number of oxazole rings is 1. The molecular weight excluding hydrogens is 432 g/mol. The third-order valence-corrected chi connectivity index (χ3v) is 6.44. The van der Waals surface area contributed by atoms with Crippen molar-refractivity contribution in [2.24, 2.45) is 0 Å². The van der Waals surface area contributed by atoms with Gasteiger partial charge in [0.05, 0.1) is 34.2 Å². The van der Waals surface area contributed by atoms with Crippen LogP contribution >= 0.6 is 11.3 Å². The minimum absolute atomic E-state index is 0.0609. The Hall–Kier alpha value is -3.30. The van der Waals surface area contributed by atoms with E-state index in [0.717, 1.165) is 17.7 Å². The standard InChI is InChI=1S/C23H20N2O6S/c1-13-18(24-20(31-13)19-5-3-9-32-19)12-30-23(28)14-6-7-16-17(10-14)22(27)25(21(16)26)11-15-4-2-8-29-15/h3,5-7,9-10,15H,2,4,8,11-12H2,1H3/t15-/m0/s1. The summed E-state index contributed by atoms with van der Waals surface area (Å²) in [7, 11) is 0. The maximum atomic E-state index is 12.8. The van der Waals surface area contributed by atoms with Gasteiger partial charge in [-0.1, -0.05) is 6.07 Å². The minimum Gasteiger partial charge on any atom is -0.455 e. The van der Waals surface area contributed by atoms with E-state index in [1.54, 1.807) is 6.92 Å². The maximum Gasteiger partial charge on any atom is 0.338 e. The molecule has 9 heteroatoms. The van der Waals surface area contributed by atoms with Crippen LogP contribution in [0.5, 0.6) is 0 Å². The van der Waals surface area contributed by atoms with E-state index in [1.807, 2.05) is 17.5 Å². The predicted octanol–water partition coefficient (Wildman–Crippen LogP) is 3.84. The van der Waals surface area contributed by atoms with Crippen molar-refractivity contribution in [3.05, 3.63) is 63.9 Å². The Morgan fingerprint density at radius 3 is 2.84 bits per heavy atom. The maximum absolute atomic E-state index is 12.8. The van der Waals surface area contributed by atoms with Gasteiger partial charge in [-0.2, -0.15) is 0 Å². The van der Waals surface area contributed by atoms with Crippen LogP contribution in [0.4, 0.5) is 0 Å². The lowest BCUT2D eigenvalue weighted by atomic mass is 10.1. The highest BCUT2D eigenvalue weighted by Gasteiger charge is 2.38. The highest BCUT2D eigenvalue weighted by Crippen LogP contribution is 2.28. The van der Waals surface area contributed by atoms with Gasteiger partial charge < -0.3 is 13.9 Å². The molecule has 3 aromatic rings. The first-order valence-electron chi connectivity index (χ1n) is 10.3. The smallest absolute Gasteiger partial charge is 0.338 e. The number of benzene rings is 1. The summed E-state index contributed by atoms with van der Waals surface area (Å²) in [5.41, 5.74) is 1.22. The van der Waals surface area contributed by atoms with Crippen molar-refractivity contribution in [2.45, 2.75) is 32.5 Å². The second-order valence-corrected chi connectivity index (χ2v) is 8.64. The lowest BCUT2D eigenvalue weighted by molar-refractivity contribution is 0.0464. The third-order valence-electron chi connectivity index (χ3n) is 5.58. The third kappa shape index (κ3) is 3.74. The van der Waals surface area contributed by atoms with Gasteiger partial charge >= 0.3 is 5.97 Å². The Bertz CT molecular complexity index is 1190.